The van der Waals surface area contributed by atoms with Crippen molar-refractivity contribution in [1.82, 2.24) is 4.90 Å². The number of nitrogens with two attached hydrogens (primary N) is 1. The molecule has 0 spiro atoms. The first-order chi connectivity index (χ1) is 9.06. The number of anilines is 1. The van der Waals surface area contributed by atoms with Crippen molar-refractivity contribution in [2.24, 2.45) is 11.7 Å². The van der Waals surface area contributed by atoms with Crippen LogP contribution in [0.15, 0.2) is 24.3 Å². The van der Waals surface area contributed by atoms with E-state index >= 15 is 0 Å². The largest absolute Gasteiger partial charge is 0.369 e. The number of primary amides is 1. The lowest BCUT2D eigenvalue weighted by Gasteiger charge is -2.32. The van der Waals surface area contributed by atoms with E-state index in [1.165, 1.54) is 5.56 Å². The zero-order valence-corrected chi connectivity index (χ0v) is 11.9. The SMILES string of the molecule is Cc1cccc(NC(=S)N2CCC(C(N)=O)CC2)c1. The zero-order valence-electron chi connectivity index (χ0n) is 11.1. The molecule has 1 saturated heterocycles. The Morgan fingerprint density at radius 3 is 2.68 bits per heavy atom. The Morgan fingerprint density at radius 2 is 2.11 bits per heavy atom. The molecular weight excluding hydrogens is 258 g/mol. The highest BCUT2D eigenvalue weighted by Crippen LogP contribution is 2.18. The van der Waals surface area contributed by atoms with Gasteiger partial charge in [-0.05, 0) is 49.7 Å². The number of hydrogen-bond donors (Lipinski definition) is 2. The number of rotatable bonds is 2. The van der Waals surface area contributed by atoms with Crippen LogP contribution in [0.5, 0.6) is 0 Å². The summed E-state index contributed by atoms with van der Waals surface area (Å²) in [4.78, 5) is 13.2. The quantitative estimate of drug-likeness (QED) is 0.811. The lowest BCUT2D eigenvalue weighted by Crippen LogP contribution is -2.43. The van der Waals surface area contributed by atoms with Crippen molar-refractivity contribution in [1.29, 1.82) is 0 Å². The summed E-state index contributed by atoms with van der Waals surface area (Å²) in [5, 5.41) is 3.95. The van der Waals surface area contributed by atoms with Crippen molar-refractivity contribution in [3.8, 4) is 0 Å². The van der Waals surface area contributed by atoms with Gasteiger partial charge in [-0.2, -0.15) is 0 Å². The van der Waals surface area contributed by atoms with Gasteiger partial charge in [-0.15, -0.1) is 0 Å². The van der Waals surface area contributed by atoms with E-state index in [9.17, 15) is 4.79 Å². The third-order valence-electron chi connectivity index (χ3n) is 3.45. The van der Waals surface area contributed by atoms with E-state index in [2.05, 4.69) is 16.3 Å². The Morgan fingerprint density at radius 1 is 1.42 bits per heavy atom. The monoisotopic (exact) mass is 277 g/mol. The van der Waals surface area contributed by atoms with Crippen molar-refractivity contribution < 1.29 is 4.79 Å². The smallest absolute Gasteiger partial charge is 0.220 e. The van der Waals surface area contributed by atoms with E-state index in [4.69, 9.17) is 18.0 Å². The third kappa shape index (κ3) is 3.67. The number of piperidine rings is 1. The summed E-state index contributed by atoms with van der Waals surface area (Å²) in [5.74, 6) is -0.199. The second-order valence-electron chi connectivity index (χ2n) is 4.96. The van der Waals surface area contributed by atoms with Gasteiger partial charge in [-0.1, -0.05) is 12.1 Å². The van der Waals surface area contributed by atoms with Crippen LogP contribution in [0.4, 0.5) is 5.69 Å². The Bertz CT molecular complexity index is 481. The minimum atomic E-state index is -0.197. The van der Waals surface area contributed by atoms with Crippen LogP contribution in [0.25, 0.3) is 0 Å². The van der Waals surface area contributed by atoms with Crippen molar-refractivity contribution in [3.63, 3.8) is 0 Å². The predicted octanol–water partition coefficient (Wildman–Crippen LogP) is 1.89. The summed E-state index contributed by atoms with van der Waals surface area (Å²) in [5.41, 5.74) is 7.52. The van der Waals surface area contributed by atoms with Crippen molar-refractivity contribution in [3.05, 3.63) is 29.8 Å². The van der Waals surface area contributed by atoms with Gasteiger partial charge in [0.15, 0.2) is 5.11 Å². The highest BCUT2D eigenvalue weighted by atomic mass is 32.1. The average molecular weight is 277 g/mol. The second kappa shape index (κ2) is 6.02. The number of nitrogens with zero attached hydrogens (tertiary/aromatic N) is 1. The zero-order chi connectivity index (χ0) is 13.8. The van der Waals surface area contributed by atoms with Gasteiger partial charge in [0.2, 0.25) is 5.91 Å². The van der Waals surface area contributed by atoms with Crippen LogP contribution in [0, 0.1) is 12.8 Å². The Labute approximate surface area is 119 Å². The van der Waals surface area contributed by atoms with Crippen LogP contribution >= 0.6 is 12.2 Å². The van der Waals surface area contributed by atoms with Crippen LogP contribution in [0.1, 0.15) is 18.4 Å². The lowest BCUT2D eigenvalue weighted by molar-refractivity contribution is -0.122. The molecule has 2 rings (SSSR count). The standard InChI is InChI=1S/C14H19N3OS/c1-10-3-2-4-12(9-10)16-14(19)17-7-5-11(6-8-17)13(15)18/h2-4,9,11H,5-8H2,1H3,(H2,15,18)(H,16,19). The number of carbonyl (C=O) groups is 1. The number of benzene rings is 1. The van der Waals surface area contributed by atoms with Crippen molar-refractivity contribution in [2.45, 2.75) is 19.8 Å². The van der Waals surface area contributed by atoms with Crippen LogP contribution in [0.2, 0.25) is 0 Å². The molecule has 1 heterocycles. The average Bonchev–Trinajstić information content (AvgIpc) is 2.39. The number of hydrogen-bond acceptors (Lipinski definition) is 2. The fraction of sp³-hybridized carbons (Fsp3) is 0.429. The molecular formula is C14H19N3OS. The van der Waals surface area contributed by atoms with Gasteiger partial charge in [0.25, 0.3) is 0 Å². The molecule has 1 aliphatic rings. The molecule has 0 radical (unpaired) electrons. The first kappa shape index (κ1) is 13.8. The topological polar surface area (TPSA) is 58.4 Å². The highest BCUT2D eigenvalue weighted by molar-refractivity contribution is 7.80. The van der Waals surface area contributed by atoms with Crippen molar-refractivity contribution in [2.75, 3.05) is 18.4 Å². The van der Waals surface area contributed by atoms with E-state index in [1.807, 2.05) is 25.1 Å². The van der Waals surface area contributed by atoms with Crippen LogP contribution in [-0.4, -0.2) is 29.0 Å². The van der Waals surface area contributed by atoms with Gasteiger partial charge in [-0.25, -0.2) is 0 Å². The molecule has 3 N–H and O–H groups in total. The molecule has 5 heteroatoms. The van der Waals surface area contributed by atoms with E-state index in [0.717, 1.165) is 31.6 Å². The molecule has 19 heavy (non-hydrogen) atoms. The van der Waals surface area contributed by atoms with Crippen LogP contribution in [0.3, 0.4) is 0 Å². The molecule has 0 atom stereocenters. The molecule has 102 valence electrons. The Hall–Kier alpha value is -1.62. The Balaban J connectivity index is 1.90. The molecule has 1 amide bonds. The summed E-state index contributed by atoms with van der Waals surface area (Å²) in [6.45, 7) is 3.61. The van der Waals surface area contributed by atoms with E-state index in [0.29, 0.717) is 5.11 Å². The van der Waals surface area contributed by atoms with Gasteiger partial charge >= 0.3 is 0 Å². The maximum Gasteiger partial charge on any atom is 0.220 e. The molecule has 4 nitrogen and oxygen atoms in total. The maximum atomic E-state index is 11.1. The van der Waals surface area contributed by atoms with Crippen molar-refractivity contribution >= 4 is 28.9 Å². The number of thiocarbonyl (C=S) groups is 1. The maximum absolute atomic E-state index is 11.1. The van der Waals surface area contributed by atoms with E-state index < -0.39 is 0 Å². The third-order valence-corrected chi connectivity index (χ3v) is 3.81. The van der Waals surface area contributed by atoms with Gasteiger partial charge < -0.3 is 16.0 Å². The summed E-state index contributed by atoms with van der Waals surface area (Å²) in [7, 11) is 0. The Kier molecular flexibility index (Phi) is 4.37. The van der Waals surface area contributed by atoms with Gasteiger partial charge in [-0.3, -0.25) is 4.79 Å². The predicted molar refractivity (Wildman–Crippen MR) is 80.9 cm³/mol. The number of amides is 1. The van der Waals surface area contributed by atoms with Crippen LogP contribution in [-0.2, 0) is 4.79 Å². The molecule has 1 aliphatic heterocycles. The molecule has 0 aliphatic carbocycles. The lowest BCUT2D eigenvalue weighted by atomic mass is 9.97. The molecule has 0 bridgehead atoms. The summed E-state index contributed by atoms with van der Waals surface area (Å²) >= 11 is 5.40. The summed E-state index contributed by atoms with van der Waals surface area (Å²) in [6, 6.07) is 8.10. The fourth-order valence-electron chi connectivity index (χ4n) is 2.29. The van der Waals surface area contributed by atoms with Gasteiger partial charge in [0.05, 0.1) is 0 Å². The molecule has 1 fully saturated rings. The number of aryl methyl sites for hydroxylation is 1. The molecule has 0 aromatic heterocycles. The number of carbonyl (C=O) groups excluding carboxylic acids is 1. The summed E-state index contributed by atoms with van der Waals surface area (Å²) < 4.78 is 0. The first-order valence-electron chi connectivity index (χ1n) is 6.48. The molecule has 0 saturated carbocycles. The minimum absolute atomic E-state index is 0.00183. The normalized spacial score (nSPS) is 16.2. The first-order valence-corrected chi connectivity index (χ1v) is 6.89. The molecule has 0 unspecified atom stereocenters. The molecule has 1 aromatic carbocycles. The minimum Gasteiger partial charge on any atom is -0.369 e. The molecule has 1 aromatic rings. The second-order valence-corrected chi connectivity index (χ2v) is 5.35. The van der Waals surface area contributed by atoms with E-state index in [1.54, 1.807) is 0 Å². The van der Waals surface area contributed by atoms with Crippen LogP contribution < -0.4 is 11.1 Å². The van der Waals surface area contributed by atoms with Gasteiger partial charge in [0.1, 0.15) is 0 Å². The number of nitrogens with one attached hydrogen (secondary N) is 1. The van der Waals surface area contributed by atoms with Gasteiger partial charge in [0, 0.05) is 24.7 Å². The summed E-state index contributed by atoms with van der Waals surface area (Å²) in [6.07, 6.45) is 1.57. The fourth-order valence-corrected chi connectivity index (χ4v) is 2.59. The number of likely N-dealkylation sites (tertiary alicyclic amines) is 1. The van der Waals surface area contributed by atoms with E-state index in [-0.39, 0.29) is 11.8 Å². The highest BCUT2D eigenvalue weighted by Gasteiger charge is 2.24.